The van der Waals surface area contributed by atoms with Crippen molar-refractivity contribution in [3.63, 3.8) is 0 Å². The average molecular weight is 391 g/mol. The molecule has 28 heavy (non-hydrogen) atoms. The second-order valence-electron chi connectivity index (χ2n) is 9.51. The molecule has 2 amide bonds. The van der Waals surface area contributed by atoms with E-state index >= 15 is 0 Å². The molecular weight excluding hydrogens is 352 g/mol. The molecule has 4 fully saturated rings. The Balaban J connectivity index is 1.43. The van der Waals surface area contributed by atoms with E-state index in [4.69, 9.17) is 5.73 Å². The van der Waals surface area contributed by atoms with Crippen LogP contribution in [-0.4, -0.2) is 65.9 Å². The summed E-state index contributed by atoms with van der Waals surface area (Å²) in [4.78, 5) is 30.3. The molecule has 4 rings (SSSR count). The van der Waals surface area contributed by atoms with Gasteiger partial charge in [0.2, 0.25) is 11.8 Å². The molecule has 4 aliphatic rings. The molecule has 0 aromatic heterocycles. The summed E-state index contributed by atoms with van der Waals surface area (Å²) in [5, 5.41) is 2.96. The standard InChI is InChI=1S/C22H38N4O2/c23-11-12-24-21(27)20-14-19(10-13-25(20)22(28)17-6-7-17)26(18-8-9-18)15-16-4-2-1-3-5-16/h16-20H,1-15,23H2,(H,24,27)/t19?,20-/m1/s1. The Hall–Kier alpha value is -1.14. The molecule has 1 unspecified atom stereocenters. The Bertz CT molecular complexity index is 555. The molecule has 2 atom stereocenters. The molecular formula is C22H38N4O2. The maximum absolute atomic E-state index is 12.9. The lowest BCUT2D eigenvalue weighted by atomic mass is 9.87. The van der Waals surface area contributed by atoms with E-state index in [0.717, 1.165) is 38.1 Å². The van der Waals surface area contributed by atoms with Gasteiger partial charge in [-0.3, -0.25) is 14.5 Å². The second-order valence-corrected chi connectivity index (χ2v) is 9.51. The van der Waals surface area contributed by atoms with Gasteiger partial charge >= 0.3 is 0 Å². The van der Waals surface area contributed by atoms with Crippen LogP contribution in [0.25, 0.3) is 0 Å². The maximum atomic E-state index is 12.9. The Morgan fingerprint density at radius 3 is 2.36 bits per heavy atom. The van der Waals surface area contributed by atoms with Gasteiger partial charge in [0.25, 0.3) is 0 Å². The van der Waals surface area contributed by atoms with Gasteiger partial charge in [0.1, 0.15) is 6.04 Å². The van der Waals surface area contributed by atoms with Crippen molar-refractivity contribution in [1.29, 1.82) is 0 Å². The number of nitrogens with one attached hydrogen (secondary N) is 1. The molecule has 6 heteroatoms. The van der Waals surface area contributed by atoms with Gasteiger partial charge < -0.3 is 16.0 Å². The zero-order chi connectivity index (χ0) is 19.5. The number of amides is 2. The van der Waals surface area contributed by atoms with E-state index in [1.807, 2.05) is 4.90 Å². The molecule has 1 aliphatic heterocycles. The van der Waals surface area contributed by atoms with Gasteiger partial charge in [0, 0.05) is 44.2 Å². The predicted octanol–water partition coefficient (Wildman–Crippen LogP) is 1.88. The molecule has 0 aromatic carbocycles. The van der Waals surface area contributed by atoms with Crippen molar-refractivity contribution in [1.82, 2.24) is 15.1 Å². The van der Waals surface area contributed by atoms with Gasteiger partial charge in [-0.05, 0) is 57.3 Å². The largest absolute Gasteiger partial charge is 0.353 e. The topological polar surface area (TPSA) is 78.7 Å². The third kappa shape index (κ3) is 4.88. The molecule has 3 aliphatic carbocycles. The maximum Gasteiger partial charge on any atom is 0.242 e. The van der Waals surface area contributed by atoms with Crippen molar-refractivity contribution < 1.29 is 9.59 Å². The third-order valence-electron chi connectivity index (χ3n) is 7.21. The summed E-state index contributed by atoms with van der Waals surface area (Å²) in [6.07, 6.45) is 13.3. The number of carbonyl (C=O) groups is 2. The van der Waals surface area contributed by atoms with Crippen LogP contribution in [-0.2, 0) is 9.59 Å². The summed E-state index contributed by atoms with van der Waals surface area (Å²) in [7, 11) is 0. The zero-order valence-electron chi connectivity index (χ0n) is 17.3. The summed E-state index contributed by atoms with van der Waals surface area (Å²) < 4.78 is 0. The van der Waals surface area contributed by atoms with Gasteiger partial charge in [-0.15, -0.1) is 0 Å². The zero-order valence-corrected chi connectivity index (χ0v) is 17.3. The minimum Gasteiger partial charge on any atom is -0.353 e. The van der Waals surface area contributed by atoms with E-state index in [-0.39, 0.29) is 23.8 Å². The van der Waals surface area contributed by atoms with Crippen LogP contribution < -0.4 is 11.1 Å². The highest BCUT2D eigenvalue weighted by molar-refractivity contribution is 5.89. The number of carbonyl (C=O) groups excluding carboxylic acids is 2. The first-order valence-corrected chi connectivity index (χ1v) is 11.7. The van der Waals surface area contributed by atoms with Crippen molar-refractivity contribution in [2.24, 2.45) is 17.6 Å². The fourth-order valence-electron chi connectivity index (χ4n) is 5.31. The van der Waals surface area contributed by atoms with E-state index in [1.165, 1.54) is 51.5 Å². The number of hydrogen-bond donors (Lipinski definition) is 2. The van der Waals surface area contributed by atoms with E-state index in [9.17, 15) is 9.59 Å². The Morgan fingerprint density at radius 1 is 0.964 bits per heavy atom. The Labute approximate surface area is 169 Å². The lowest BCUT2D eigenvalue weighted by Gasteiger charge is -2.44. The van der Waals surface area contributed by atoms with Crippen LogP contribution in [0.15, 0.2) is 0 Å². The minimum absolute atomic E-state index is 0.00226. The second kappa shape index (κ2) is 9.12. The quantitative estimate of drug-likeness (QED) is 0.663. The van der Waals surface area contributed by atoms with Crippen LogP contribution >= 0.6 is 0 Å². The first-order valence-electron chi connectivity index (χ1n) is 11.7. The van der Waals surface area contributed by atoms with Gasteiger partial charge in [0.15, 0.2) is 0 Å². The van der Waals surface area contributed by atoms with E-state index in [0.29, 0.717) is 25.2 Å². The van der Waals surface area contributed by atoms with Crippen LogP contribution in [0.5, 0.6) is 0 Å². The molecule has 0 bridgehead atoms. The van der Waals surface area contributed by atoms with Crippen molar-refractivity contribution in [2.75, 3.05) is 26.2 Å². The summed E-state index contributed by atoms with van der Waals surface area (Å²) in [5.41, 5.74) is 5.58. The van der Waals surface area contributed by atoms with Gasteiger partial charge in [0.05, 0.1) is 0 Å². The van der Waals surface area contributed by atoms with Gasteiger partial charge in [-0.25, -0.2) is 0 Å². The molecule has 0 radical (unpaired) electrons. The fourth-order valence-corrected chi connectivity index (χ4v) is 5.31. The molecule has 158 valence electrons. The van der Waals surface area contributed by atoms with Gasteiger partial charge in [-0.2, -0.15) is 0 Å². The fraction of sp³-hybridized carbons (Fsp3) is 0.909. The first kappa shape index (κ1) is 20.1. The molecule has 0 spiro atoms. The van der Waals surface area contributed by atoms with Crippen molar-refractivity contribution in [3.05, 3.63) is 0 Å². The summed E-state index contributed by atoms with van der Waals surface area (Å²) >= 11 is 0. The van der Waals surface area contributed by atoms with Crippen LogP contribution in [0, 0.1) is 11.8 Å². The van der Waals surface area contributed by atoms with Crippen LogP contribution in [0.4, 0.5) is 0 Å². The normalized spacial score (nSPS) is 29.1. The highest BCUT2D eigenvalue weighted by atomic mass is 16.2. The first-order chi connectivity index (χ1) is 13.7. The van der Waals surface area contributed by atoms with Crippen molar-refractivity contribution in [2.45, 2.75) is 88.8 Å². The summed E-state index contributed by atoms with van der Waals surface area (Å²) in [5.74, 6) is 1.20. The van der Waals surface area contributed by atoms with E-state index in [2.05, 4.69) is 10.2 Å². The van der Waals surface area contributed by atoms with Gasteiger partial charge in [-0.1, -0.05) is 19.3 Å². The molecule has 3 saturated carbocycles. The Morgan fingerprint density at radius 2 is 1.71 bits per heavy atom. The molecule has 1 saturated heterocycles. The molecule has 3 N–H and O–H groups in total. The average Bonchev–Trinajstić information content (AvgIpc) is 3.63. The minimum atomic E-state index is -0.314. The number of rotatable bonds is 8. The highest BCUT2D eigenvalue weighted by Gasteiger charge is 2.45. The highest BCUT2D eigenvalue weighted by Crippen LogP contribution is 2.38. The SMILES string of the molecule is NCCNC(=O)[C@H]1CC(N(CC2CCCCC2)C2CC2)CCN1C(=O)C1CC1. The lowest BCUT2D eigenvalue weighted by molar-refractivity contribution is -0.144. The third-order valence-corrected chi connectivity index (χ3v) is 7.21. The van der Waals surface area contributed by atoms with Crippen molar-refractivity contribution in [3.8, 4) is 0 Å². The molecule has 6 nitrogen and oxygen atoms in total. The summed E-state index contributed by atoms with van der Waals surface area (Å²) in [6, 6.07) is 0.836. The molecule has 1 heterocycles. The summed E-state index contributed by atoms with van der Waals surface area (Å²) in [6.45, 7) is 2.85. The lowest BCUT2D eigenvalue weighted by Crippen LogP contribution is -2.58. The van der Waals surface area contributed by atoms with Crippen LogP contribution in [0.1, 0.15) is 70.6 Å². The van der Waals surface area contributed by atoms with Crippen LogP contribution in [0.2, 0.25) is 0 Å². The number of piperidine rings is 1. The number of nitrogens with two attached hydrogens (primary N) is 1. The number of hydrogen-bond acceptors (Lipinski definition) is 4. The van der Waals surface area contributed by atoms with E-state index < -0.39 is 0 Å². The van der Waals surface area contributed by atoms with Crippen molar-refractivity contribution >= 4 is 11.8 Å². The predicted molar refractivity (Wildman–Crippen MR) is 110 cm³/mol. The number of nitrogens with zero attached hydrogens (tertiary/aromatic N) is 2. The Kier molecular flexibility index (Phi) is 6.56. The smallest absolute Gasteiger partial charge is 0.242 e. The number of likely N-dealkylation sites (tertiary alicyclic amines) is 1. The molecule has 0 aromatic rings. The monoisotopic (exact) mass is 390 g/mol. The van der Waals surface area contributed by atoms with E-state index in [1.54, 1.807) is 0 Å². The van der Waals surface area contributed by atoms with Crippen LogP contribution in [0.3, 0.4) is 0 Å².